The van der Waals surface area contributed by atoms with Gasteiger partial charge in [-0.3, -0.25) is 0 Å². The number of benzene rings is 3. The van der Waals surface area contributed by atoms with Crippen LogP contribution in [0, 0.1) is 0 Å². The first-order chi connectivity index (χ1) is 13.8. The van der Waals surface area contributed by atoms with Crippen molar-refractivity contribution >= 4 is 0 Å². The Bertz CT molecular complexity index is 735. The van der Waals surface area contributed by atoms with Crippen LogP contribution >= 0.6 is 0 Å². The van der Waals surface area contributed by atoms with E-state index in [2.05, 4.69) is 43.0 Å². The van der Waals surface area contributed by atoms with E-state index in [-0.39, 0.29) is 13.2 Å². The molecule has 0 amide bonds. The molecule has 0 aliphatic heterocycles. The molecule has 0 spiro atoms. The number of ether oxygens (including phenoxy) is 2. The van der Waals surface area contributed by atoms with E-state index >= 15 is 0 Å². The van der Waals surface area contributed by atoms with Gasteiger partial charge in [0.2, 0.25) is 0 Å². The van der Waals surface area contributed by atoms with Gasteiger partial charge >= 0.3 is 0 Å². The van der Waals surface area contributed by atoms with Crippen molar-refractivity contribution in [1.29, 1.82) is 0 Å². The molecule has 3 aromatic carbocycles. The van der Waals surface area contributed by atoms with E-state index < -0.39 is 11.7 Å². The van der Waals surface area contributed by atoms with Gasteiger partial charge in [-0.25, -0.2) is 0 Å². The Morgan fingerprint density at radius 1 is 0.750 bits per heavy atom. The molecule has 0 fully saturated rings. The van der Waals surface area contributed by atoms with Gasteiger partial charge in [0.1, 0.15) is 11.7 Å². The lowest BCUT2D eigenvalue weighted by Gasteiger charge is -2.36. The van der Waals surface area contributed by atoms with Crippen LogP contribution in [0.25, 0.3) is 0 Å². The first kappa shape index (κ1) is 20.0. The van der Waals surface area contributed by atoms with Crippen molar-refractivity contribution < 1.29 is 14.6 Å². The summed E-state index contributed by atoms with van der Waals surface area (Å²) in [6.45, 7) is 4.35. The molecular weight excluding hydrogens is 348 g/mol. The van der Waals surface area contributed by atoms with E-state index in [4.69, 9.17) is 9.47 Å². The molecule has 0 aliphatic rings. The van der Waals surface area contributed by atoms with E-state index in [9.17, 15) is 5.11 Å². The van der Waals surface area contributed by atoms with E-state index in [0.29, 0.717) is 6.61 Å². The van der Waals surface area contributed by atoms with Crippen molar-refractivity contribution in [1.82, 2.24) is 0 Å². The lowest BCUT2D eigenvalue weighted by Crippen LogP contribution is -2.36. The Labute approximate surface area is 166 Å². The maximum atomic E-state index is 10.4. The topological polar surface area (TPSA) is 38.7 Å². The maximum absolute atomic E-state index is 10.4. The molecule has 0 unspecified atom stereocenters. The molecule has 0 saturated carbocycles. The fraction of sp³-hybridized carbons (Fsp3) is 0.200. The fourth-order valence-corrected chi connectivity index (χ4v) is 3.33. The number of hydrogen-bond acceptors (Lipinski definition) is 3. The van der Waals surface area contributed by atoms with Gasteiger partial charge in [0, 0.05) is 0 Å². The summed E-state index contributed by atoms with van der Waals surface area (Å²) < 4.78 is 11.9. The largest absolute Gasteiger partial charge is 0.388 e. The summed E-state index contributed by atoms with van der Waals surface area (Å²) in [5.41, 5.74) is 2.19. The molecule has 0 bridgehead atoms. The SMILES string of the molecule is C=CCOC[C@@H](O)COC(c1ccccc1)(c1ccccc1)c1ccccc1. The summed E-state index contributed by atoms with van der Waals surface area (Å²) in [6.07, 6.45) is 0.922. The molecule has 1 N–H and O–H groups in total. The van der Waals surface area contributed by atoms with Gasteiger partial charge in [0.25, 0.3) is 0 Å². The van der Waals surface area contributed by atoms with Crippen molar-refractivity contribution in [3.8, 4) is 0 Å². The van der Waals surface area contributed by atoms with Gasteiger partial charge < -0.3 is 14.6 Å². The summed E-state index contributed by atoms with van der Waals surface area (Å²) in [6, 6.07) is 30.3. The third-order valence-corrected chi connectivity index (χ3v) is 4.58. The van der Waals surface area contributed by atoms with Crippen LogP contribution in [-0.2, 0) is 15.1 Å². The molecule has 28 heavy (non-hydrogen) atoms. The van der Waals surface area contributed by atoms with Crippen molar-refractivity contribution in [3.05, 3.63) is 120 Å². The highest BCUT2D eigenvalue weighted by Crippen LogP contribution is 2.40. The standard InChI is InChI=1S/C25H26O3/c1-2-18-27-19-24(26)20-28-25(21-12-6-3-7-13-21,22-14-8-4-9-15-22)23-16-10-5-11-17-23/h2-17,24,26H,1,18-20H2/t24-/m1/s1. The van der Waals surface area contributed by atoms with Crippen molar-refractivity contribution in [2.24, 2.45) is 0 Å². The van der Waals surface area contributed by atoms with Crippen LogP contribution < -0.4 is 0 Å². The second kappa shape index (κ2) is 10.00. The predicted octanol–water partition coefficient (Wildman–Crippen LogP) is 4.56. The van der Waals surface area contributed by atoms with Crippen LogP contribution in [0.5, 0.6) is 0 Å². The average molecular weight is 374 g/mol. The van der Waals surface area contributed by atoms with Gasteiger partial charge in [-0.1, -0.05) is 97.1 Å². The monoisotopic (exact) mass is 374 g/mol. The minimum atomic E-state index is -0.830. The smallest absolute Gasteiger partial charge is 0.143 e. The number of aliphatic hydroxyl groups excluding tert-OH is 1. The maximum Gasteiger partial charge on any atom is 0.143 e. The molecule has 3 aromatic rings. The van der Waals surface area contributed by atoms with E-state index in [1.807, 2.05) is 54.6 Å². The summed E-state index contributed by atoms with van der Waals surface area (Å²) in [7, 11) is 0. The second-order valence-corrected chi connectivity index (χ2v) is 6.57. The zero-order valence-corrected chi connectivity index (χ0v) is 15.9. The Balaban J connectivity index is 2.03. The predicted molar refractivity (Wildman–Crippen MR) is 112 cm³/mol. The third-order valence-electron chi connectivity index (χ3n) is 4.58. The number of hydrogen-bond donors (Lipinski definition) is 1. The Morgan fingerprint density at radius 3 is 1.57 bits per heavy atom. The molecule has 3 nitrogen and oxygen atoms in total. The fourth-order valence-electron chi connectivity index (χ4n) is 3.33. The molecule has 0 aromatic heterocycles. The Kier molecular flexibility index (Phi) is 7.15. The van der Waals surface area contributed by atoms with Crippen molar-refractivity contribution in [2.75, 3.05) is 19.8 Å². The van der Waals surface area contributed by atoms with Gasteiger partial charge in [-0.05, 0) is 16.7 Å². The van der Waals surface area contributed by atoms with Crippen molar-refractivity contribution in [2.45, 2.75) is 11.7 Å². The normalized spacial score (nSPS) is 12.5. The van der Waals surface area contributed by atoms with Gasteiger partial charge in [0.15, 0.2) is 0 Å². The van der Waals surface area contributed by atoms with Crippen molar-refractivity contribution in [3.63, 3.8) is 0 Å². The van der Waals surface area contributed by atoms with Crippen LogP contribution in [0.3, 0.4) is 0 Å². The molecule has 3 heteroatoms. The van der Waals surface area contributed by atoms with Gasteiger partial charge in [0.05, 0.1) is 19.8 Å². The third kappa shape index (κ3) is 4.57. The molecular formula is C25H26O3. The first-order valence-electron chi connectivity index (χ1n) is 9.44. The minimum Gasteiger partial charge on any atom is -0.388 e. The van der Waals surface area contributed by atoms with Crippen LogP contribution in [-0.4, -0.2) is 31.0 Å². The summed E-state index contributed by atoms with van der Waals surface area (Å²) >= 11 is 0. The average Bonchev–Trinajstić information content (AvgIpc) is 2.77. The summed E-state index contributed by atoms with van der Waals surface area (Å²) in [5.74, 6) is 0. The first-order valence-corrected chi connectivity index (χ1v) is 9.44. The van der Waals surface area contributed by atoms with Crippen LogP contribution in [0.2, 0.25) is 0 Å². The summed E-state index contributed by atoms with van der Waals surface area (Å²) in [5, 5.41) is 10.4. The van der Waals surface area contributed by atoms with E-state index in [1.165, 1.54) is 0 Å². The summed E-state index contributed by atoms with van der Waals surface area (Å²) in [4.78, 5) is 0. The highest BCUT2D eigenvalue weighted by atomic mass is 16.5. The zero-order chi connectivity index (χ0) is 19.7. The zero-order valence-electron chi connectivity index (χ0n) is 15.9. The van der Waals surface area contributed by atoms with Crippen LogP contribution in [0.15, 0.2) is 104 Å². The Hall–Kier alpha value is -2.72. The second-order valence-electron chi connectivity index (χ2n) is 6.57. The lowest BCUT2D eigenvalue weighted by molar-refractivity contribution is -0.0612. The highest BCUT2D eigenvalue weighted by Gasteiger charge is 2.37. The van der Waals surface area contributed by atoms with E-state index in [1.54, 1.807) is 6.08 Å². The molecule has 0 radical (unpaired) electrons. The lowest BCUT2D eigenvalue weighted by atomic mass is 9.80. The number of aliphatic hydroxyl groups is 1. The quantitative estimate of drug-likeness (QED) is 0.321. The van der Waals surface area contributed by atoms with Crippen LogP contribution in [0.1, 0.15) is 16.7 Å². The molecule has 144 valence electrons. The molecule has 0 heterocycles. The molecule has 1 atom stereocenters. The Morgan fingerprint density at radius 2 is 1.18 bits per heavy atom. The molecule has 0 saturated heterocycles. The van der Waals surface area contributed by atoms with Gasteiger partial charge in [-0.15, -0.1) is 6.58 Å². The van der Waals surface area contributed by atoms with E-state index in [0.717, 1.165) is 16.7 Å². The van der Waals surface area contributed by atoms with Crippen LogP contribution in [0.4, 0.5) is 0 Å². The molecule has 0 aliphatic carbocycles. The minimum absolute atomic E-state index is 0.135. The highest BCUT2D eigenvalue weighted by molar-refractivity contribution is 5.47. The van der Waals surface area contributed by atoms with Gasteiger partial charge in [-0.2, -0.15) is 0 Å². The molecule has 3 rings (SSSR count). The number of rotatable bonds is 10.